The molecule has 1 aromatic heterocycles. The fourth-order valence-corrected chi connectivity index (χ4v) is 1.53. The number of aromatic nitrogens is 3. The van der Waals surface area contributed by atoms with Gasteiger partial charge in [0.1, 0.15) is 0 Å². The van der Waals surface area contributed by atoms with Gasteiger partial charge in [-0.1, -0.05) is 19.1 Å². The highest BCUT2D eigenvalue weighted by Crippen LogP contribution is 2.11. The van der Waals surface area contributed by atoms with Crippen molar-refractivity contribution >= 4 is 11.9 Å². The smallest absolute Gasteiger partial charge is 0.360 e. The minimum Gasteiger partial charge on any atom is -0.469 e. The van der Waals surface area contributed by atoms with Gasteiger partial charge in [-0.05, 0) is 12.3 Å². The molecule has 0 N–H and O–H groups in total. The summed E-state index contributed by atoms with van der Waals surface area (Å²) in [5, 5.41) is 7.69. The number of aryl methyl sites for hydroxylation is 1. The van der Waals surface area contributed by atoms with Crippen LogP contribution < -0.4 is 0 Å². The van der Waals surface area contributed by atoms with E-state index in [1.165, 1.54) is 14.2 Å². The van der Waals surface area contributed by atoms with E-state index in [1.807, 2.05) is 0 Å². The van der Waals surface area contributed by atoms with Crippen LogP contribution in [0.1, 0.15) is 36.5 Å². The van der Waals surface area contributed by atoms with Crippen LogP contribution >= 0.6 is 0 Å². The Morgan fingerprint density at radius 2 is 1.95 bits per heavy atom. The normalized spacial score (nSPS) is 10.6. The van der Waals surface area contributed by atoms with Crippen molar-refractivity contribution in [1.29, 1.82) is 0 Å². The van der Waals surface area contributed by atoms with Crippen LogP contribution in [0.25, 0.3) is 0 Å². The molecule has 0 unspecified atom stereocenters. The van der Waals surface area contributed by atoms with Crippen molar-refractivity contribution < 1.29 is 19.1 Å². The van der Waals surface area contributed by atoms with Gasteiger partial charge in [0.25, 0.3) is 0 Å². The van der Waals surface area contributed by atoms with Crippen molar-refractivity contribution in [3.05, 3.63) is 11.4 Å². The summed E-state index contributed by atoms with van der Waals surface area (Å²) in [6.07, 6.45) is 0.824. The lowest BCUT2D eigenvalue weighted by molar-refractivity contribution is -0.139. The zero-order valence-corrected chi connectivity index (χ0v) is 11.7. The van der Waals surface area contributed by atoms with Crippen LogP contribution in [0.4, 0.5) is 0 Å². The van der Waals surface area contributed by atoms with Crippen molar-refractivity contribution in [2.75, 3.05) is 14.2 Å². The van der Waals surface area contributed by atoms with Gasteiger partial charge in [-0.3, -0.25) is 4.79 Å². The van der Waals surface area contributed by atoms with Gasteiger partial charge in [0, 0.05) is 6.54 Å². The van der Waals surface area contributed by atoms with Gasteiger partial charge in [-0.2, -0.15) is 0 Å². The second-order valence-corrected chi connectivity index (χ2v) is 4.53. The summed E-state index contributed by atoms with van der Waals surface area (Å²) in [6, 6.07) is 0. The number of methoxy groups -OCH3 is 2. The molecule has 0 bridgehead atoms. The average Bonchev–Trinajstić information content (AvgIpc) is 2.78. The van der Waals surface area contributed by atoms with E-state index in [0.29, 0.717) is 18.2 Å². The quantitative estimate of drug-likeness (QED) is 0.711. The third kappa shape index (κ3) is 4.04. The number of nitrogens with zero attached hydrogens (tertiary/aromatic N) is 3. The molecule has 1 rings (SSSR count). The monoisotopic (exact) mass is 269 g/mol. The first-order valence-electron chi connectivity index (χ1n) is 6.07. The number of esters is 2. The molecule has 1 aromatic rings. The van der Waals surface area contributed by atoms with Crippen LogP contribution in [-0.4, -0.2) is 41.2 Å². The fraction of sp³-hybridized carbons (Fsp3) is 0.667. The first kappa shape index (κ1) is 15.1. The van der Waals surface area contributed by atoms with E-state index in [9.17, 15) is 9.59 Å². The van der Waals surface area contributed by atoms with Crippen LogP contribution in [0.2, 0.25) is 0 Å². The van der Waals surface area contributed by atoms with Gasteiger partial charge >= 0.3 is 11.9 Å². The molecule has 0 saturated carbocycles. The lowest BCUT2D eigenvalue weighted by atomic mass is 10.1. The highest BCUT2D eigenvalue weighted by Gasteiger charge is 2.22. The second-order valence-electron chi connectivity index (χ2n) is 4.53. The number of hydrogen-bond acceptors (Lipinski definition) is 6. The van der Waals surface area contributed by atoms with Crippen LogP contribution in [0, 0.1) is 5.92 Å². The van der Waals surface area contributed by atoms with Crippen LogP contribution in [0.3, 0.4) is 0 Å². The van der Waals surface area contributed by atoms with E-state index in [4.69, 9.17) is 0 Å². The molecule has 0 spiro atoms. The summed E-state index contributed by atoms with van der Waals surface area (Å²) in [5.41, 5.74) is 0.496. The Morgan fingerprint density at radius 1 is 1.26 bits per heavy atom. The standard InChI is InChI=1S/C12H19N3O4/c1-8(2)5-6-15-9(7-10(16)18-3)11(13-14-15)12(17)19-4/h8H,5-7H2,1-4H3. The lowest BCUT2D eigenvalue weighted by Gasteiger charge is -2.08. The van der Waals surface area contributed by atoms with Crippen molar-refractivity contribution in [2.45, 2.75) is 33.2 Å². The topological polar surface area (TPSA) is 83.3 Å². The zero-order chi connectivity index (χ0) is 14.4. The van der Waals surface area contributed by atoms with Gasteiger partial charge in [-0.15, -0.1) is 5.10 Å². The van der Waals surface area contributed by atoms with Crippen molar-refractivity contribution in [2.24, 2.45) is 5.92 Å². The van der Waals surface area contributed by atoms with Gasteiger partial charge in [0.15, 0.2) is 5.69 Å². The van der Waals surface area contributed by atoms with Gasteiger partial charge in [0.2, 0.25) is 0 Å². The number of hydrogen-bond donors (Lipinski definition) is 0. The number of ether oxygens (including phenoxy) is 2. The molecule has 0 radical (unpaired) electrons. The van der Waals surface area contributed by atoms with Crippen LogP contribution in [0.5, 0.6) is 0 Å². The Hall–Kier alpha value is -1.92. The molecule has 7 nitrogen and oxygen atoms in total. The Kier molecular flexibility index (Phi) is 5.47. The molecule has 0 aliphatic carbocycles. The predicted molar refractivity (Wildman–Crippen MR) is 66.5 cm³/mol. The van der Waals surface area contributed by atoms with Crippen molar-refractivity contribution in [1.82, 2.24) is 15.0 Å². The zero-order valence-electron chi connectivity index (χ0n) is 11.7. The summed E-state index contributed by atoms with van der Waals surface area (Å²) >= 11 is 0. The minimum absolute atomic E-state index is 0.0496. The van der Waals surface area contributed by atoms with Crippen molar-refractivity contribution in [3.63, 3.8) is 0 Å². The third-order valence-electron chi connectivity index (χ3n) is 2.67. The van der Waals surface area contributed by atoms with E-state index in [2.05, 4.69) is 33.6 Å². The molecule has 0 aliphatic rings. The van der Waals surface area contributed by atoms with Crippen LogP contribution in [0.15, 0.2) is 0 Å². The van der Waals surface area contributed by atoms with E-state index < -0.39 is 11.9 Å². The van der Waals surface area contributed by atoms with Crippen LogP contribution in [-0.2, 0) is 27.2 Å². The molecule has 0 amide bonds. The lowest BCUT2D eigenvalue weighted by Crippen LogP contribution is -2.16. The maximum absolute atomic E-state index is 11.6. The summed E-state index contributed by atoms with van der Waals surface area (Å²) < 4.78 is 10.8. The number of carbonyl (C=O) groups is 2. The molecule has 0 fully saturated rings. The van der Waals surface area contributed by atoms with E-state index in [0.717, 1.165) is 6.42 Å². The summed E-state index contributed by atoms with van der Waals surface area (Å²) in [5.74, 6) is -0.565. The molecule has 7 heteroatoms. The first-order chi connectivity index (χ1) is 8.99. The van der Waals surface area contributed by atoms with E-state index in [1.54, 1.807) is 4.68 Å². The largest absolute Gasteiger partial charge is 0.469 e. The SMILES string of the molecule is COC(=O)Cc1c(C(=O)OC)nnn1CCC(C)C. The van der Waals surface area contributed by atoms with Crippen molar-refractivity contribution in [3.8, 4) is 0 Å². The molecular formula is C12H19N3O4. The van der Waals surface area contributed by atoms with E-state index in [-0.39, 0.29) is 12.1 Å². The Morgan fingerprint density at radius 3 is 2.47 bits per heavy atom. The predicted octanol–water partition coefficient (Wildman–Crippen LogP) is 0.826. The molecule has 0 saturated heterocycles. The molecule has 0 aromatic carbocycles. The highest BCUT2D eigenvalue weighted by atomic mass is 16.5. The highest BCUT2D eigenvalue weighted by molar-refractivity contribution is 5.89. The number of carbonyl (C=O) groups excluding carboxylic acids is 2. The third-order valence-corrected chi connectivity index (χ3v) is 2.67. The van der Waals surface area contributed by atoms with Gasteiger partial charge < -0.3 is 9.47 Å². The molecule has 1 heterocycles. The summed E-state index contributed by atoms with van der Waals surface area (Å²) in [7, 11) is 2.56. The maximum atomic E-state index is 11.6. The second kappa shape index (κ2) is 6.86. The average molecular weight is 269 g/mol. The maximum Gasteiger partial charge on any atom is 0.360 e. The Bertz CT molecular complexity index is 454. The van der Waals surface area contributed by atoms with Gasteiger partial charge in [0.05, 0.1) is 26.3 Å². The molecule has 19 heavy (non-hydrogen) atoms. The summed E-state index contributed by atoms with van der Waals surface area (Å²) in [4.78, 5) is 23.0. The molecule has 0 aliphatic heterocycles. The Labute approximate surface area is 111 Å². The van der Waals surface area contributed by atoms with Gasteiger partial charge in [-0.25, -0.2) is 9.48 Å². The minimum atomic E-state index is -0.602. The molecule has 106 valence electrons. The summed E-state index contributed by atoms with van der Waals surface area (Å²) in [6.45, 7) is 4.75. The fourth-order valence-electron chi connectivity index (χ4n) is 1.53. The molecular weight excluding hydrogens is 250 g/mol. The first-order valence-corrected chi connectivity index (χ1v) is 6.07. The molecule has 0 atom stereocenters. The van der Waals surface area contributed by atoms with E-state index >= 15 is 0 Å². The Balaban J connectivity index is 2.99. The number of rotatable bonds is 6.